The van der Waals surface area contributed by atoms with Crippen LogP contribution in [0.15, 0.2) is 53.4 Å². The molecule has 1 heterocycles. The van der Waals surface area contributed by atoms with Gasteiger partial charge < -0.3 is 15.2 Å². The molecule has 1 saturated heterocycles. The molecular weight excluding hydrogens is 473 g/mol. The summed E-state index contributed by atoms with van der Waals surface area (Å²) >= 11 is 6.63. The van der Waals surface area contributed by atoms with Gasteiger partial charge in [0.2, 0.25) is 0 Å². The monoisotopic (exact) mass is 496 g/mol. The van der Waals surface area contributed by atoms with E-state index in [4.69, 9.17) is 12.2 Å². The SMILES string of the molecule is Cc1ccc(S(=O)(=O)NC(=O)N([O-])[C@H]2N(CCc3ccccc3F)C(=S)SC2(C)C)cc1. The molecule has 2 aromatic carbocycles. The van der Waals surface area contributed by atoms with Crippen molar-refractivity contribution in [2.45, 2.75) is 43.0 Å². The van der Waals surface area contributed by atoms with Crippen LogP contribution in [0, 0.1) is 17.9 Å². The minimum Gasteiger partial charge on any atom is -0.753 e. The molecule has 172 valence electrons. The fraction of sp³-hybridized carbons (Fsp3) is 0.333. The van der Waals surface area contributed by atoms with Crippen LogP contribution in [0.5, 0.6) is 0 Å². The van der Waals surface area contributed by atoms with Crippen molar-refractivity contribution in [1.82, 2.24) is 14.7 Å². The summed E-state index contributed by atoms with van der Waals surface area (Å²) in [5.74, 6) is -0.373. The molecule has 1 N–H and O–H groups in total. The number of carbonyl (C=O) groups excluding carboxylic acids is 1. The van der Waals surface area contributed by atoms with E-state index in [0.29, 0.717) is 9.88 Å². The number of carbonyl (C=O) groups is 1. The molecule has 0 aromatic heterocycles. The molecule has 0 radical (unpaired) electrons. The average Bonchev–Trinajstić information content (AvgIpc) is 2.94. The lowest BCUT2D eigenvalue weighted by Crippen LogP contribution is -2.56. The van der Waals surface area contributed by atoms with Crippen molar-refractivity contribution in [1.29, 1.82) is 0 Å². The molecule has 0 aliphatic carbocycles. The van der Waals surface area contributed by atoms with Crippen LogP contribution in [0.3, 0.4) is 0 Å². The van der Waals surface area contributed by atoms with E-state index in [2.05, 4.69) is 0 Å². The lowest BCUT2D eigenvalue weighted by molar-refractivity contribution is 0.136. The van der Waals surface area contributed by atoms with Crippen molar-refractivity contribution in [2.75, 3.05) is 6.54 Å². The first-order valence-electron chi connectivity index (χ1n) is 9.75. The molecule has 1 fully saturated rings. The Morgan fingerprint density at radius 1 is 1.25 bits per heavy atom. The lowest BCUT2D eigenvalue weighted by atomic mass is 10.1. The van der Waals surface area contributed by atoms with Crippen molar-refractivity contribution in [3.8, 4) is 0 Å². The molecule has 0 unspecified atom stereocenters. The maximum atomic E-state index is 14.0. The van der Waals surface area contributed by atoms with Gasteiger partial charge in [0.1, 0.15) is 16.3 Å². The maximum Gasteiger partial charge on any atom is 0.322 e. The van der Waals surface area contributed by atoms with Gasteiger partial charge >= 0.3 is 6.03 Å². The largest absolute Gasteiger partial charge is 0.753 e. The smallest absolute Gasteiger partial charge is 0.322 e. The van der Waals surface area contributed by atoms with Gasteiger partial charge in [0.05, 0.1) is 9.64 Å². The predicted octanol–water partition coefficient (Wildman–Crippen LogP) is 4.01. The number of sulfonamides is 1. The highest BCUT2D eigenvalue weighted by Gasteiger charge is 2.46. The van der Waals surface area contributed by atoms with Crippen molar-refractivity contribution in [2.24, 2.45) is 0 Å². The summed E-state index contributed by atoms with van der Waals surface area (Å²) in [4.78, 5) is 14.0. The third-order valence-corrected chi connectivity index (χ3v) is 8.02. The van der Waals surface area contributed by atoms with Crippen LogP contribution in [0.1, 0.15) is 25.0 Å². The van der Waals surface area contributed by atoms with E-state index in [1.54, 1.807) is 51.1 Å². The molecule has 7 nitrogen and oxygen atoms in total. The third-order valence-electron chi connectivity index (χ3n) is 5.06. The summed E-state index contributed by atoms with van der Waals surface area (Å²) in [6.45, 7) is 5.47. The number of urea groups is 1. The Bertz CT molecular complexity index is 1120. The van der Waals surface area contributed by atoms with Crippen molar-refractivity contribution in [3.05, 3.63) is 70.7 Å². The summed E-state index contributed by atoms with van der Waals surface area (Å²) in [5.41, 5.74) is 1.30. The molecule has 1 aliphatic heterocycles. The van der Waals surface area contributed by atoms with Gasteiger partial charge in [-0.3, -0.25) is 0 Å². The van der Waals surface area contributed by atoms with Crippen LogP contribution in [0.25, 0.3) is 0 Å². The third kappa shape index (κ3) is 5.22. The normalized spacial score (nSPS) is 18.0. The maximum absolute atomic E-state index is 14.0. The number of thioether (sulfide) groups is 1. The summed E-state index contributed by atoms with van der Waals surface area (Å²) in [7, 11) is -4.23. The highest BCUT2D eigenvalue weighted by Crippen LogP contribution is 2.42. The van der Waals surface area contributed by atoms with Gasteiger partial charge in [-0.05, 0) is 51.0 Å². The fourth-order valence-corrected chi connectivity index (χ4v) is 6.28. The van der Waals surface area contributed by atoms with E-state index < -0.39 is 27.0 Å². The second-order valence-corrected chi connectivity index (χ2v) is 11.9. The topological polar surface area (TPSA) is 92.8 Å². The zero-order chi connectivity index (χ0) is 23.7. The van der Waals surface area contributed by atoms with Crippen LogP contribution < -0.4 is 4.72 Å². The summed E-state index contributed by atoms with van der Waals surface area (Å²) in [5, 5.41) is 13.1. The number of thiocarbonyl (C=S) groups is 1. The Labute approximate surface area is 196 Å². The summed E-state index contributed by atoms with van der Waals surface area (Å²) in [6, 6.07) is 10.8. The molecule has 0 saturated carbocycles. The van der Waals surface area contributed by atoms with Crippen LogP contribution >= 0.6 is 24.0 Å². The number of hydroxylamine groups is 2. The number of rotatable bonds is 6. The molecule has 2 amide bonds. The minimum atomic E-state index is -4.23. The molecule has 1 atom stereocenters. The first-order chi connectivity index (χ1) is 14.9. The Morgan fingerprint density at radius 2 is 1.88 bits per heavy atom. The Morgan fingerprint density at radius 3 is 2.50 bits per heavy atom. The second kappa shape index (κ2) is 9.34. The number of hydrogen-bond donors (Lipinski definition) is 1. The Balaban J connectivity index is 1.78. The summed E-state index contributed by atoms with van der Waals surface area (Å²) in [6.07, 6.45) is -0.808. The van der Waals surface area contributed by atoms with Crippen molar-refractivity contribution < 1.29 is 17.6 Å². The van der Waals surface area contributed by atoms with Crippen LogP contribution in [0.4, 0.5) is 9.18 Å². The number of benzene rings is 2. The van der Waals surface area contributed by atoms with Gasteiger partial charge in [0.15, 0.2) is 0 Å². The van der Waals surface area contributed by atoms with E-state index >= 15 is 0 Å². The quantitative estimate of drug-likeness (QED) is 0.477. The van der Waals surface area contributed by atoms with E-state index in [0.717, 1.165) is 5.56 Å². The molecule has 1 aliphatic rings. The number of nitrogens with one attached hydrogen (secondary N) is 1. The van der Waals surface area contributed by atoms with Gasteiger partial charge in [-0.15, -0.1) is 0 Å². The number of amides is 2. The second-order valence-electron chi connectivity index (χ2n) is 7.93. The first kappa shape index (κ1) is 24.4. The minimum absolute atomic E-state index is 0.0966. The average molecular weight is 497 g/mol. The van der Waals surface area contributed by atoms with E-state index in [-0.39, 0.29) is 28.7 Å². The highest BCUT2D eigenvalue weighted by molar-refractivity contribution is 8.24. The molecule has 11 heteroatoms. The molecule has 2 aromatic rings. The van der Waals surface area contributed by atoms with Gasteiger partial charge in [-0.25, -0.2) is 22.3 Å². The number of halogens is 1. The Kier molecular flexibility index (Phi) is 7.13. The van der Waals surface area contributed by atoms with Crippen molar-refractivity contribution >= 4 is 44.4 Å². The zero-order valence-electron chi connectivity index (χ0n) is 17.7. The lowest BCUT2D eigenvalue weighted by Gasteiger charge is -2.44. The van der Waals surface area contributed by atoms with Gasteiger partial charge in [-0.2, -0.15) is 0 Å². The van der Waals surface area contributed by atoms with E-state index in [9.17, 15) is 22.8 Å². The molecule has 0 spiro atoms. The number of hydrogen-bond acceptors (Lipinski definition) is 6. The van der Waals surface area contributed by atoms with E-state index in [1.807, 2.05) is 4.72 Å². The van der Waals surface area contributed by atoms with E-state index in [1.165, 1.54) is 34.9 Å². The molecular formula is C21H23FN3O4S3-. The standard InChI is InChI=1S/C21H23FN3O4S3/c1-14-8-10-16(11-9-14)32(28,29)23-19(26)25(27)18-21(2,3)31-20(30)24(18)13-12-15-6-4-5-7-17(15)22/h4-11,18H,12-13H2,1-3H3,(H,23,26)/q-1/t18-/m1/s1. The van der Waals surface area contributed by atoms with Crippen LogP contribution in [0.2, 0.25) is 0 Å². The van der Waals surface area contributed by atoms with Crippen LogP contribution in [-0.4, -0.2) is 46.2 Å². The highest BCUT2D eigenvalue weighted by atomic mass is 32.2. The molecule has 0 bridgehead atoms. The fourth-order valence-electron chi connectivity index (χ4n) is 3.42. The first-order valence-corrected chi connectivity index (χ1v) is 12.5. The Hall–Kier alpha value is -2.21. The molecule has 3 rings (SSSR count). The van der Waals surface area contributed by atoms with Crippen LogP contribution in [-0.2, 0) is 16.4 Å². The molecule has 32 heavy (non-hydrogen) atoms. The van der Waals surface area contributed by atoms with Gasteiger partial charge in [0.25, 0.3) is 10.0 Å². The number of aryl methyl sites for hydroxylation is 1. The van der Waals surface area contributed by atoms with Crippen molar-refractivity contribution in [3.63, 3.8) is 0 Å². The zero-order valence-corrected chi connectivity index (χ0v) is 20.2. The van der Waals surface area contributed by atoms with Gasteiger partial charge in [-0.1, -0.05) is 59.9 Å². The number of nitrogens with zero attached hydrogens (tertiary/aromatic N) is 2. The predicted molar refractivity (Wildman–Crippen MR) is 127 cm³/mol. The summed E-state index contributed by atoms with van der Waals surface area (Å²) < 4.78 is 40.5. The van der Waals surface area contributed by atoms with Gasteiger partial charge in [0, 0.05) is 6.54 Å².